The first-order valence-electron chi connectivity index (χ1n) is 9.53. The van der Waals surface area contributed by atoms with Crippen LogP contribution in [0.4, 0.5) is 0 Å². The van der Waals surface area contributed by atoms with E-state index in [4.69, 9.17) is 4.74 Å². The van der Waals surface area contributed by atoms with Gasteiger partial charge in [-0.3, -0.25) is 4.79 Å². The minimum atomic E-state index is -0.197. The van der Waals surface area contributed by atoms with E-state index in [0.717, 1.165) is 0 Å². The van der Waals surface area contributed by atoms with Crippen LogP contribution in [0.2, 0.25) is 0 Å². The summed E-state index contributed by atoms with van der Waals surface area (Å²) in [7, 11) is 1.49. The van der Waals surface area contributed by atoms with Crippen LogP contribution in [0.3, 0.4) is 0 Å². The Kier molecular flexibility index (Phi) is 3.39. The summed E-state index contributed by atoms with van der Waals surface area (Å²) < 4.78 is 5.19. The largest absolute Gasteiger partial charge is 0.468 e. The summed E-state index contributed by atoms with van der Waals surface area (Å²) in [4.78, 5) is 12.7. The first kappa shape index (κ1) is 16.2. The van der Waals surface area contributed by atoms with Gasteiger partial charge in [0.1, 0.15) is 5.25 Å². The molecule has 0 saturated heterocycles. The van der Waals surface area contributed by atoms with Crippen molar-refractivity contribution in [2.75, 3.05) is 7.11 Å². The van der Waals surface area contributed by atoms with E-state index in [1.807, 2.05) is 0 Å². The van der Waals surface area contributed by atoms with E-state index in [0.29, 0.717) is 0 Å². The van der Waals surface area contributed by atoms with Gasteiger partial charge in [-0.1, -0.05) is 60.7 Å². The lowest BCUT2D eigenvalue weighted by molar-refractivity contribution is -0.140. The molecule has 2 aliphatic heterocycles. The van der Waals surface area contributed by atoms with Crippen LogP contribution < -0.4 is 0 Å². The number of hydrogen-bond acceptors (Lipinski definition) is 3. The quantitative estimate of drug-likeness (QED) is 0.388. The van der Waals surface area contributed by atoms with Crippen LogP contribution in [0.5, 0.6) is 0 Å². The zero-order valence-electron chi connectivity index (χ0n) is 15.4. The molecule has 4 aromatic rings. The lowest BCUT2D eigenvalue weighted by Crippen LogP contribution is -2.37. The lowest BCUT2D eigenvalue weighted by atomic mass is 9.74. The van der Waals surface area contributed by atoms with E-state index >= 15 is 0 Å². The summed E-state index contributed by atoms with van der Waals surface area (Å²) >= 11 is 1.74. The predicted octanol–water partition coefficient (Wildman–Crippen LogP) is 5.82. The van der Waals surface area contributed by atoms with Gasteiger partial charge >= 0.3 is 5.97 Å². The highest BCUT2D eigenvalue weighted by Gasteiger charge is 2.47. The molecule has 7 rings (SSSR count). The molecule has 2 bridgehead atoms. The molecule has 0 N–H and O–H groups in total. The molecule has 1 unspecified atom stereocenters. The van der Waals surface area contributed by atoms with Gasteiger partial charge in [0.25, 0.3) is 0 Å². The zero-order valence-corrected chi connectivity index (χ0v) is 16.2. The fraction of sp³-hybridized carbons (Fsp3) is 0.160. The van der Waals surface area contributed by atoms with Crippen molar-refractivity contribution in [2.45, 2.75) is 16.4 Å². The van der Waals surface area contributed by atoms with Gasteiger partial charge in [0, 0.05) is 5.92 Å². The molecule has 0 saturated carbocycles. The second-order valence-corrected chi connectivity index (χ2v) is 8.85. The number of carbonyl (C=O) groups excluding carboxylic acids is 1. The van der Waals surface area contributed by atoms with Crippen molar-refractivity contribution < 1.29 is 9.53 Å². The normalized spacial score (nSPS) is 22.1. The number of fused-ring (bicyclic) bond motifs is 3. The Hall–Kier alpha value is -2.78. The average molecular weight is 382 g/mol. The third-order valence-electron chi connectivity index (χ3n) is 6.16. The molecule has 0 spiro atoms. The molecule has 0 aromatic heterocycles. The Labute approximate surface area is 167 Å². The molecule has 2 nitrogen and oxygen atoms in total. The van der Waals surface area contributed by atoms with Gasteiger partial charge in [-0.25, -0.2) is 0 Å². The van der Waals surface area contributed by atoms with Crippen LogP contribution in [0.25, 0.3) is 21.5 Å². The van der Waals surface area contributed by atoms with Crippen molar-refractivity contribution in [1.29, 1.82) is 0 Å². The molecule has 1 atom stereocenters. The minimum Gasteiger partial charge on any atom is -0.468 e. The maximum atomic E-state index is 12.7. The van der Waals surface area contributed by atoms with Crippen LogP contribution in [-0.4, -0.2) is 18.3 Å². The van der Waals surface area contributed by atoms with Crippen molar-refractivity contribution in [3.05, 3.63) is 95.1 Å². The molecule has 2 heterocycles. The topological polar surface area (TPSA) is 26.3 Å². The molecule has 3 heteroatoms. The number of carbonyl (C=O) groups is 1. The number of thioether (sulfide) groups is 1. The van der Waals surface area contributed by atoms with Crippen molar-refractivity contribution >= 4 is 39.3 Å². The summed E-state index contributed by atoms with van der Waals surface area (Å²) in [5.74, 6) is -0.0979. The molecule has 0 amide bonds. The van der Waals surface area contributed by atoms with E-state index < -0.39 is 0 Å². The summed E-state index contributed by atoms with van der Waals surface area (Å²) in [5.41, 5.74) is 5.24. The van der Waals surface area contributed by atoms with Crippen LogP contribution >= 0.6 is 11.8 Å². The van der Waals surface area contributed by atoms with Crippen LogP contribution in [0.15, 0.2) is 72.8 Å². The Balaban J connectivity index is 1.67. The highest BCUT2D eigenvalue weighted by Crippen LogP contribution is 2.60. The van der Waals surface area contributed by atoms with Crippen LogP contribution in [-0.2, 0) is 9.53 Å². The highest BCUT2D eigenvalue weighted by atomic mass is 32.2. The lowest BCUT2D eigenvalue weighted by Gasteiger charge is -2.44. The monoisotopic (exact) mass is 382 g/mol. The van der Waals surface area contributed by atoms with Gasteiger partial charge in [0.05, 0.1) is 12.4 Å². The van der Waals surface area contributed by atoms with Crippen molar-refractivity contribution in [3.8, 4) is 0 Å². The second kappa shape index (κ2) is 5.86. The van der Waals surface area contributed by atoms with E-state index in [9.17, 15) is 4.79 Å². The number of ether oxygens (including phenoxy) is 1. The molecule has 3 aliphatic rings. The van der Waals surface area contributed by atoms with Gasteiger partial charge in [-0.05, 0) is 55.9 Å². The molecule has 28 heavy (non-hydrogen) atoms. The van der Waals surface area contributed by atoms with E-state index in [2.05, 4.69) is 72.8 Å². The van der Waals surface area contributed by atoms with Gasteiger partial charge in [-0.2, -0.15) is 0 Å². The van der Waals surface area contributed by atoms with E-state index in [1.165, 1.54) is 50.9 Å². The van der Waals surface area contributed by atoms with Crippen LogP contribution in [0.1, 0.15) is 33.4 Å². The molecule has 0 radical (unpaired) electrons. The molecule has 136 valence electrons. The van der Waals surface area contributed by atoms with E-state index in [1.54, 1.807) is 11.8 Å². The summed E-state index contributed by atoms with van der Waals surface area (Å²) in [5, 5.41) is 4.93. The minimum absolute atomic E-state index is 0.0293. The Morgan fingerprint density at radius 2 is 1.18 bits per heavy atom. The fourth-order valence-electron chi connectivity index (χ4n) is 4.88. The average Bonchev–Trinajstić information content (AvgIpc) is 2.75. The Morgan fingerprint density at radius 3 is 1.61 bits per heavy atom. The van der Waals surface area contributed by atoms with Crippen molar-refractivity contribution in [2.24, 2.45) is 0 Å². The fourth-order valence-corrected chi connectivity index (χ4v) is 6.54. The highest BCUT2D eigenvalue weighted by molar-refractivity contribution is 8.01. The number of hydrogen-bond donors (Lipinski definition) is 0. The third-order valence-corrected chi connectivity index (χ3v) is 7.69. The number of rotatable bonds is 1. The molecule has 4 aromatic carbocycles. The maximum absolute atomic E-state index is 12.7. The Morgan fingerprint density at radius 1 is 0.750 bits per heavy atom. The van der Waals surface area contributed by atoms with Gasteiger partial charge in [-0.15, -0.1) is 11.8 Å². The Bertz CT molecular complexity index is 1190. The van der Waals surface area contributed by atoms with Gasteiger partial charge in [0.2, 0.25) is 0 Å². The number of benzene rings is 4. The van der Waals surface area contributed by atoms with Crippen molar-refractivity contribution in [3.63, 3.8) is 0 Å². The third kappa shape index (κ3) is 2.14. The smallest absolute Gasteiger partial charge is 0.319 e. The maximum Gasteiger partial charge on any atom is 0.319 e. The van der Waals surface area contributed by atoms with Gasteiger partial charge in [0.15, 0.2) is 0 Å². The second-order valence-electron chi connectivity index (χ2n) is 7.59. The first-order valence-corrected chi connectivity index (χ1v) is 10.5. The zero-order chi connectivity index (χ0) is 18.8. The number of esters is 1. The summed E-state index contributed by atoms with van der Waals surface area (Å²) in [6, 6.07) is 26.2. The standard InChI is InChI=1S/C25H18O2S/c1-27-25(26)24-22-18-10-14-6-2-4-8-16(14)12-20(18)23(28-24)21-13-17-9-5-3-7-15(17)11-19(21)22/h2-13,22-24H,1H3. The van der Waals surface area contributed by atoms with Crippen LogP contribution in [0, 0.1) is 0 Å². The SMILES string of the molecule is COC(=O)C1SC2c3cc4ccccc4cc3C1c1cc3ccccc3cc12. The predicted molar refractivity (Wildman–Crippen MR) is 115 cm³/mol. The number of methoxy groups -OCH3 is 1. The molecular formula is C25H18O2S. The van der Waals surface area contributed by atoms with Gasteiger partial charge < -0.3 is 4.74 Å². The molecule has 1 aliphatic carbocycles. The summed E-state index contributed by atoms with van der Waals surface area (Å²) in [6.45, 7) is 0. The summed E-state index contributed by atoms with van der Waals surface area (Å²) in [6.07, 6.45) is 0. The molecule has 0 fully saturated rings. The van der Waals surface area contributed by atoms with Crippen molar-refractivity contribution in [1.82, 2.24) is 0 Å². The van der Waals surface area contributed by atoms with E-state index in [-0.39, 0.29) is 22.4 Å². The molecular weight excluding hydrogens is 364 g/mol. The first-order chi connectivity index (χ1) is 13.7.